The summed E-state index contributed by atoms with van der Waals surface area (Å²) in [6.07, 6.45) is 4.22. The van der Waals surface area contributed by atoms with Crippen LogP contribution in [-0.2, 0) is 17.6 Å². The van der Waals surface area contributed by atoms with Crippen LogP contribution in [0.2, 0.25) is 0 Å². The number of benzene rings is 1. The van der Waals surface area contributed by atoms with Crippen molar-refractivity contribution in [2.75, 3.05) is 5.32 Å². The summed E-state index contributed by atoms with van der Waals surface area (Å²) >= 11 is 1.38. The molecule has 3 rings (SSSR count). The molecule has 0 bridgehead atoms. The number of rotatable bonds is 5. The number of primary amides is 1. The summed E-state index contributed by atoms with van der Waals surface area (Å²) in [5, 5.41) is 12.6. The van der Waals surface area contributed by atoms with E-state index < -0.39 is 11.8 Å². The highest BCUT2D eigenvalue weighted by molar-refractivity contribution is 7.17. The van der Waals surface area contributed by atoms with Gasteiger partial charge in [-0.15, -0.1) is 11.3 Å². The van der Waals surface area contributed by atoms with Gasteiger partial charge in [0.2, 0.25) is 0 Å². The quantitative estimate of drug-likeness (QED) is 0.607. The summed E-state index contributed by atoms with van der Waals surface area (Å²) in [6.45, 7) is 4.21. The molecule has 138 valence electrons. The Labute approximate surface area is 162 Å². The smallest absolute Gasteiger partial charge is 0.266 e. The maximum Gasteiger partial charge on any atom is 0.266 e. The zero-order chi connectivity index (χ0) is 19.6. The second kappa shape index (κ2) is 7.77. The summed E-state index contributed by atoms with van der Waals surface area (Å²) in [5.41, 5.74) is 8.79. The van der Waals surface area contributed by atoms with E-state index in [0.717, 1.165) is 35.3 Å². The predicted molar refractivity (Wildman–Crippen MR) is 108 cm³/mol. The monoisotopic (exact) mass is 379 g/mol. The lowest BCUT2D eigenvalue weighted by Gasteiger charge is -2.06. The van der Waals surface area contributed by atoms with Crippen molar-refractivity contribution in [3.8, 4) is 6.07 Å². The summed E-state index contributed by atoms with van der Waals surface area (Å²) in [5.74, 6) is -0.668. The van der Waals surface area contributed by atoms with Crippen LogP contribution in [0.25, 0.3) is 6.08 Å². The normalized spacial score (nSPS) is 13.3. The Bertz CT molecular complexity index is 963. The minimum absolute atomic E-state index is 0.0173. The minimum atomic E-state index is -0.545. The molecule has 3 N–H and O–H groups in total. The first-order valence-corrected chi connectivity index (χ1v) is 9.69. The second-order valence-corrected chi connectivity index (χ2v) is 7.98. The first kappa shape index (κ1) is 18.9. The molecule has 1 aromatic carbocycles. The Morgan fingerprint density at radius 3 is 2.56 bits per heavy atom. The second-order valence-electron chi connectivity index (χ2n) is 6.87. The number of fused-ring (bicyclic) bond motifs is 1. The Morgan fingerprint density at radius 1 is 1.26 bits per heavy atom. The molecule has 1 aromatic heterocycles. The number of carbonyl (C=O) groups is 2. The fraction of sp³-hybridized carbons (Fsp3) is 0.286. The number of nitrogens with zero attached hydrogens (tertiary/aromatic N) is 1. The topological polar surface area (TPSA) is 96.0 Å². The van der Waals surface area contributed by atoms with Crippen LogP contribution in [0.4, 0.5) is 5.00 Å². The van der Waals surface area contributed by atoms with Crippen molar-refractivity contribution in [3.05, 3.63) is 57.0 Å². The average molecular weight is 379 g/mol. The standard InChI is InChI=1S/C21H21N3O2S/c1-12(2)14-8-6-13(7-9-14)10-15(11-22)20(26)24-21-18(19(23)25)16-4-3-5-17(16)27-21/h6-10,12H,3-5H2,1-2H3,(H2,23,25)(H,24,26)/b15-10+. The molecule has 0 atom stereocenters. The van der Waals surface area contributed by atoms with Crippen molar-refractivity contribution in [2.24, 2.45) is 5.73 Å². The number of nitriles is 1. The first-order chi connectivity index (χ1) is 12.9. The Morgan fingerprint density at radius 2 is 1.96 bits per heavy atom. The molecule has 5 nitrogen and oxygen atoms in total. The number of carbonyl (C=O) groups excluding carboxylic acids is 2. The van der Waals surface area contributed by atoms with Gasteiger partial charge in [0.05, 0.1) is 5.56 Å². The van der Waals surface area contributed by atoms with Crippen molar-refractivity contribution >= 4 is 34.2 Å². The SMILES string of the molecule is CC(C)c1ccc(/C=C(\C#N)C(=O)Nc2sc3c(c2C(N)=O)CCC3)cc1. The minimum Gasteiger partial charge on any atom is -0.365 e. The first-order valence-electron chi connectivity index (χ1n) is 8.88. The zero-order valence-electron chi connectivity index (χ0n) is 15.3. The third-order valence-electron chi connectivity index (χ3n) is 4.67. The maximum absolute atomic E-state index is 12.6. The molecule has 2 aromatic rings. The largest absolute Gasteiger partial charge is 0.365 e. The van der Waals surface area contributed by atoms with E-state index in [1.807, 2.05) is 30.3 Å². The number of anilines is 1. The highest BCUT2D eigenvalue weighted by Crippen LogP contribution is 2.39. The van der Waals surface area contributed by atoms with Gasteiger partial charge in [-0.2, -0.15) is 5.26 Å². The summed E-state index contributed by atoms with van der Waals surface area (Å²) < 4.78 is 0. The van der Waals surface area contributed by atoms with Crippen LogP contribution in [0, 0.1) is 11.3 Å². The molecule has 0 aliphatic heterocycles. The average Bonchev–Trinajstić information content (AvgIpc) is 3.20. The van der Waals surface area contributed by atoms with Crippen molar-refractivity contribution in [1.29, 1.82) is 5.26 Å². The lowest BCUT2D eigenvalue weighted by Crippen LogP contribution is -2.18. The molecule has 1 heterocycles. The number of thiophene rings is 1. The van der Waals surface area contributed by atoms with Crippen LogP contribution in [0.15, 0.2) is 29.8 Å². The Kier molecular flexibility index (Phi) is 5.43. The van der Waals surface area contributed by atoms with E-state index in [2.05, 4.69) is 19.2 Å². The molecule has 27 heavy (non-hydrogen) atoms. The van der Waals surface area contributed by atoms with E-state index in [1.165, 1.54) is 16.9 Å². The number of aryl methyl sites for hydroxylation is 1. The number of hydrogen-bond acceptors (Lipinski definition) is 4. The van der Waals surface area contributed by atoms with E-state index in [9.17, 15) is 14.9 Å². The summed E-state index contributed by atoms with van der Waals surface area (Å²) in [6, 6.07) is 9.68. The van der Waals surface area contributed by atoms with Crippen molar-refractivity contribution in [1.82, 2.24) is 0 Å². The molecule has 0 saturated heterocycles. The molecule has 2 amide bonds. The molecule has 0 fully saturated rings. The number of nitrogens with two attached hydrogens (primary N) is 1. The van der Waals surface area contributed by atoms with Crippen LogP contribution in [0.5, 0.6) is 0 Å². The van der Waals surface area contributed by atoms with E-state index in [4.69, 9.17) is 5.73 Å². The van der Waals surface area contributed by atoms with E-state index in [0.29, 0.717) is 16.5 Å². The Hall–Kier alpha value is -2.91. The molecule has 1 aliphatic carbocycles. The Balaban J connectivity index is 1.84. The van der Waals surface area contributed by atoms with Crippen LogP contribution >= 0.6 is 11.3 Å². The third kappa shape index (κ3) is 3.93. The van der Waals surface area contributed by atoms with Gasteiger partial charge in [-0.3, -0.25) is 9.59 Å². The van der Waals surface area contributed by atoms with E-state index in [-0.39, 0.29) is 5.57 Å². The van der Waals surface area contributed by atoms with Gasteiger partial charge in [-0.05, 0) is 47.9 Å². The summed E-state index contributed by atoms with van der Waals surface area (Å²) in [4.78, 5) is 25.5. The highest BCUT2D eigenvalue weighted by atomic mass is 32.1. The maximum atomic E-state index is 12.6. The molecule has 0 radical (unpaired) electrons. The number of amides is 2. The van der Waals surface area contributed by atoms with Crippen molar-refractivity contribution in [2.45, 2.75) is 39.0 Å². The van der Waals surface area contributed by atoms with Crippen molar-refractivity contribution < 1.29 is 9.59 Å². The predicted octanol–water partition coefficient (Wildman–Crippen LogP) is 4.00. The van der Waals surface area contributed by atoms with Gasteiger partial charge < -0.3 is 11.1 Å². The lowest BCUT2D eigenvalue weighted by molar-refractivity contribution is -0.112. The molecular weight excluding hydrogens is 358 g/mol. The molecule has 1 aliphatic rings. The third-order valence-corrected chi connectivity index (χ3v) is 5.88. The fourth-order valence-corrected chi connectivity index (χ4v) is 4.51. The number of hydrogen-bond donors (Lipinski definition) is 2. The van der Waals surface area contributed by atoms with Crippen LogP contribution in [-0.4, -0.2) is 11.8 Å². The van der Waals surface area contributed by atoms with Crippen LogP contribution in [0.3, 0.4) is 0 Å². The molecule has 0 spiro atoms. The van der Waals surface area contributed by atoms with Gasteiger partial charge in [0.1, 0.15) is 16.6 Å². The van der Waals surface area contributed by atoms with Gasteiger partial charge in [-0.25, -0.2) is 0 Å². The van der Waals surface area contributed by atoms with E-state index >= 15 is 0 Å². The van der Waals surface area contributed by atoms with Gasteiger partial charge in [-0.1, -0.05) is 38.1 Å². The van der Waals surface area contributed by atoms with Crippen LogP contribution in [0.1, 0.15) is 58.1 Å². The fourth-order valence-electron chi connectivity index (χ4n) is 3.22. The highest BCUT2D eigenvalue weighted by Gasteiger charge is 2.26. The zero-order valence-corrected chi connectivity index (χ0v) is 16.2. The van der Waals surface area contributed by atoms with E-state index in [1.54, 1.807) is 6.08 Å². The molecule has 6 heteroatoms. The summed E-state index contributed by atoms with van der Waals surface area (Å²) in [7, 11) is 0. The number of nitrogens with one attached hydrogen (secondary N) is 1. The van der Waals surface area contributed by atoms with Gasteiger partial charge in [0, 0.05) is 4.88 Å². The molecule has 0 unspecified atom stereocenters. The van der Waals surface area contributed by atoms with Gasteiger partial charge >= 0.3 is 0 Å². The van der Waals surface area contributed by atoms with Crippen molar-refractivity contribution in [3.63, 3.8) is 0 Å². The molecule has 0 saturated carbocycles. The van der Waals surface area contributed by atoms with Gasteiger partial charge in [0.15, 0.2) is 0 Å². The molecular formula is C21H21N3O2S. The lowest BCUT2D eigenvalue weighted by atomic mass is 10.0. The van der Waals surface area contributed by atoms with Crippen LogP contribution < -0.4 is 11.1 Å². The van der Waals surface area contributed by atoms with Gasteiger partial charge in [0.25, 0.3) is 11.8 Å².